The van der Waals surface area contributed by atoms with Gasteiger partial charge in [-0.1, -0.05) is 0 Å². The van der Waals surface area contributed by atoms with Gasteiger partial charge in [-0.05, 0) is 45.3 Å². The van der Waals surface area contributed by atoms with E-state index < -0.39 is 0 Å². The topological polar surface area (TPSA) is 61.0 Å². The SMILES string of the molecule is CNCCC1CCCCN1C(=O)c1ccn[nH]1. The second kappa shape index (κ2) is 5.82. The van der Waals surface area contributed by atoms with Crippen molar-refractivity contribution in [3.63, 3.8) is 0 Å². The Hall–Kier alpha value is -1.36. The normalized spacial score (nSPS) is 20.5. The molecule has 0 aromatic carbocycles. The van der Waals surface area contributed by atoms with Gasteiger partial charge in [0.05, 0.1) is 0 Å². The molecule has 2 N–H and O–H groups in total. The molecule has 2 rings (SSSR count). The first-order valence-corrected chi connectivity index (χ1v) is 6.28. The van der Waals surface area contributed by atoms with E-state index in [2.05, 4.69) is 15.5 Å². The molecule has 94 valence electrons. The van der Waals surface area contributed by atoms with Crippen LogP contribution in [0, 0.1) is 0 Å². The molecule has 1 aromatic heterocycles. The fourth-order valence-corrected chi connectivity index (χ4v) is 2.41. The molecule has 5 nitrogen and oxygen atoms in total. The Morgan fingerprint density at radius 2 is 2.53 bits per heavy atom. The van der Waals surface area contributed by atoms with E-state index in [0.29, 0.717) is 11.7 Å². The van der Waals surface area contributed by atoms with E-state index in [1.165, 1.54) is 6.42 Å². The van der Waals surface area contributed by atoms with Gasteiger partial charge in [0.1, 0.15) is 5.69 Å². The Kier molecular flexibility index (Phi) is 4.14. The van der Waals surface area contributed by atoms with Gasteiger partial charge in [0.25, 0.3) is 5.91 Å². The van der Waals surface area contributed by atoms with Crippen LogP contribution in [0.15, 0.2) is 12.3 Å². The highest BCUT2D eigenvalue weighted by atomic mass is 16.2. The summed E-state index contributed by atoms with van der Waals surface area (Å²) in [5, 5.41) is 9.75. The van der Waals surface area contributed by atoms with Crippen LogP contribution in [0.25, 0.3) is 0 Å². The summed E-state index contributed by atoms with van der Waals surface area (Å²) in [5.74, 6) is 0.0864. The number of nitrogens with one attached hydrogen (secondary N) is 2. The average Bonchev–Trinajstić information content (AvgIpc) is 2.89. The molecule has 0 aliphatic carbocycles. The predicted molar refractivity (Wildman–Crippen MR) is 65.8 cm³/mol. The van der Waals surface area contributed by atoms with Crippen molar-refractivity contribution in [3.05, 3.63) is 18.0 Å². The van der Waals surface area contributed by atoms with Crippen LogP contribution in [0.3, 0.4) is 0 Å². The molecule has 17 heavy (non-hydrogen) atoms. The van der Waals surface area contributed by atoms with Crippen molar-refractivity contribution in [2.45, 2.75) is 31.7 Å². The minimum Gasteiger partial charge on any atom is -0.334 e. The third kappa shape index (κ3) is 2.85. The lowest BCUT2D eigenvalue weighted by Gasteiger charge is -2.35. The van der Waals surface area contributed by atoms with Crippen LogP contribution >= 0.6 is 0 Å². The number of piperidine rings is 1. The molecule has 1 aliphatic rings. The monoisotopic (exact) mass is 236 g/mol. The van der Waals surface area contributed by atoms with Gasteiger partial charge in [0.2, 0.25) is 0 Å². The predicted octanol–water partition coefficient (Wildman–Crippen LogP) is 1.01. The molecule has 1 unspecified atom stereocenters. The van der Waals surface area contributed by atoms with Gasteiger partial charge < -0.3 is 10.2 Å². The lowest BCUT2D eigenvalue weighted by molar-refractivity contribution is 0.0596. The highest BCUT2D eigenvalue weighted by Crippen LogP contribution is 2.21. The van der Waals surface area contributed by atoms with Crippen molar-refractivity contribution < 1.29 is 4.79 Å². The fourth-order valence-electron chi connectivity index (χ4n) is 2.41. The van der Waals surface area contributed by atoms with Crippen LogP contribution in [0.5, 0.6) is 0 Å². The summed E-state index contributed by atoms with van der Waals surface area (Å²) in [6.07, 6.45) is 6.09. The third-order valence-corrected chi connectivity index (χ3v) is 3.35. The highest BCUT2D eigenvalue weighted by Gasteiger charge is 2.27. The van der Waals surface area contributed by atoms with Crippen molar-refractivity contribution in [2.24, 2.45) is 0 Å². The number of carbonyl (C=O) groups is 1. The zero-order chi connectivity index (χ0) is 12.1. The van der Waals surface area contributed by atoms with Crippen LogP contribution in [0.2, 0.25) is 0 Å². The second-order valence-corrected chi connectivity index (χ2v) is 4.51. The van der Waals surface area contributed by atoms with Gasteiger partial charge in [-0.15, -0.1) is 0 Å². The van der Waals surface area contributed by atoms with Gasteiger partial charge in [-0.25, -0.2) is 0 Å². The summed E-state index contributed by atoms with van der Waals surface area (Å²) in [6.45, 7) is 1.82. The molecule has 0 bridgehead atoms. The van der Waals surface area contributed by atoms with Crippen LogP contribution < -0.4 is 5.32 Å². The molecule has 0 spiro atoms. The first-order chi connectivity index (χ1) is 8.33. The number of aromatic amines is 1. The Balaban J connectivity index is 2.03. The van der Waals surface area contributed by atoms with Gasteiger partial charge in [-0.2, -0.15) is 5.10 Å². The van der Waals surface area contributed by atoms with Crippen LogP contribution in [0.1, 0.15) is 36.2 Å². The molecule has 2 heterocycles. The number of hydrogen-bond acceptors (Lipinski definition) is 3. The van der Waals surface area contributed by atoms with Crippen molar-refractivity contribution in [2.75, 3.05) is 20.1 Å². The van der Waals surface area contributed by atoms with Gasteiger partial charge in [-0.3, -0.25) is 9.89 Å². The number of rotatable bonds is 4. The lowest BCUT2D eigenvalue weighted by Crippen LogP contribution is -2.44. The Bertz CT molecular complexity index is 349. The molecule has 1 amide bonds. The first-order valence-electron chi connectivity index (χ1n) is 6.28. The minimum atomic E-state index is 0.0864. The maximum atomic E-state index is 12.3. The number of H-pyrrole nitrogens is 1. The molecular weight excluding hydrogens is 216 g/mol. The number of hydrogen-bond donors (Lipinski definition) is 2. The van der Waals surface area contributed by atoms with Crippen molar-refractivity contribution in [1.82, 2.24) is 20.4 Å². The Morgan fingerprint density at radius 1 is 1.65 bits per heavy atom. The van der Waals surface area contributed by atoms with E-state index in [1.54, 1.807) is 12.3 Å². The quantitative estimate of drug-likeness (QED) is 0.820. The van der Waals surface area contributed by atoms with E-state index in [9.17, 15) is 4.79 Å². The summed E-state index contributed by atoms with van der Waals surface area (Å²) in [5.41, 5.74) is 0.598. The van der Waals surface area contributed by atoms with Gasteiger partial charge >= 0.3 is 0 Å². The number of aromatic nitrogens is 2. The van der Waals surface area contributed by atoms with E-state index in [1.807, 2.05) is 11.9 Å². The standard InChI is InChI=1S/C12H20N4O/c1-13-7-5-10-4-2-3-9-16(10)12(17)11-6-8-14-15-11/h6,8,10,13H,2-5,7,9H2,1H3,(H,14,15). The van der Waals surface area contributed by atoms with Crippen molar-refractivity contribution >= 4 is 5.91 Å². The molecule has 1 saturated heterocycles. The number of likely N-dealkylation sites (tertiary alicyclic amines) is 1. The summed E-state index contributed by atoms with van der Waals surface area (Å²) in [4.78, 5) is 14.3. The number of carbonyl (C=O) groups excluding carboxylic acids is 1. The molecule has 1 atom stereocenters. The second-order valence-electron chi connectivity index (χ2n) is 4.51. The van der Waals surface area contributed by atoms with Crippen LogP contribution in [-0.2, 0) is 0 Å². The summed E-state index contributed by atoms with van der Waals surface area (Å²) in [6, 6.07) is 2.11. The maximum Gasteiger partial charge on any atom is 0.272 e. The Labute approximate surface area is 102 Å². The molecule has 1 aliphatic heterocycles. The zero-order valence-electron chi connectivity index (χ0n) is 10.3. The minimum absolute atomic E-state index is 0.0864. The molecule has 0 saturated carbocycles. The van der Waals surface area contributed by atoms with Crippen molar-refractivity contribution in [1.29, 1.82) is 0 Å². The lowest BCUT2D eigenvalue weighted by atomic mass is 9.99. The smallest absolute Gasteiger partial charge is 0.272 e. The van der Waals surface area contributed by atoms with E-state index >= 15 is 0 Å². The summed E-state index contributed by atoms with van der Waals surface area (Å²) >= 11 is 0. The molecule has 0 radical (unpaired) electrons. The highest BCUT2D eigenvalue weighted by molar-refractivity contribution is 5.92. The van der Waals surface area contributed by atoms with Crippen molar-refractivity contribution in [3.8, 4) is 0 Å². The van der Waals surface area contributed by atoms with E-state index in [4.69, 9.17) is 0 Å². The van der Waals surface area contributed by atoms with Crippen LogP contribution in [0.4, 0.5) is 0 Å². The molecule has 1 aromatic rings. The molecule has 5 heteroatoms. The summed E-state index contributed by atoms with van der Waals surface area (Å²) in [7, 11) is 1.95. The number of nitrogens with zero attached hydrogens (tertiary/aromatic N) is 2. The summed E-state index contributed by atoms with van der Waals surface area (Å²) < 4.78 is 0. The third-order valence-electron chi connectivity index (χ3n) is 3.35. The van der Waals surface area contributed by atoms with Gasteiger partial charge in [0.15, 0.2) is 0 Å². The van der Waals surface area contributed by atoms with E-state index in [-0.39, 0.29) is 5.91 Å². The average molecular weight is 236 g/mol. The Morgan fingerprint density at radius 3 is 3.24 bits per heavy atom. The van der Waals surface area contributed by atoms with Gasteiger partial charge in [0, 0.05) is 18.8 Å². The first kappa shape index (κ1) is 12.1. The largest absolute Gasteiger partial charge is 0.334 e. The van der Waals surface area contributed by atoms with Crippen LogP contribution in [-0.4, -0.2) is 47.2 Å². The molecular formula is C12H20N4O. The van der Waals surface area contributed by atoms with E-state index in [0.717, 1.165) is 32.4 Å². The maximum absolute atomic E-state index is 12.3. The fraction of sp³-hybridized carbons (Fsp3) is 0.667. The zero-order valence-corrected chi connectivity index (χ0v) is 10.3. The number of amides is 1. The molecule has 1 fully saturated rings.